The minimum absolute atomic E-state index is 0.148. The number of nitrogens with one attached hydrogen (secondary N) is 4. The van der Waals surface area contributed by atoms with E-state index in [0.717, 1.165) is 4.90 Å². The Morgan fingerprint density at radius 2 is 1.46 bits per heavy atom. The predicted molar refractivity (Wildman–Crippen MR) is 155 cm³/mol. The summed E-state index contributed by atoms with van der Waals surface area (Å²) < 4.78 is 0. The lowest BCUT2D eigenvalue weighted by atomic mass is 9.89. The van der Waals surface area contributed by atoms with Crippen LogP contribution in [0.1, 0.15) is 72.6 Å². The van der Waals surface area contributed by atoms with E-state index in [1.165, 1.54) is 20.0 Å². The molecule has 6 N–H and O–H groups in total. The Morgan fingerprint density at radius 1 is 0.854 bits per heavy atom. The molecule has 0 aliphatic carbocycles. The molecule has 0 saturated carbocycles. The van der Waals surface area contributed by atoms with Crippen molar-refractivity contribution < 1.29 is 33.6 Å². The van der Waals surface area contributed by atoms with Crippen LogP contribution in [0.3, 0.4) is 0 Å². The molecule has 0 fully saturated rings. The summed E-state index contributed by atoms with van der Waals surface area (Å²) in [6.45, 7) is 7.87. The van der Waals surface area contributed by atoms with Gasteiger partial charge in [-0.05, 0) is 43.9 Å². The zero-order valence-electron chi connectivity index (χ0n) is 24.8. The molecule has 0 saturated heterocycles. The Kier molecular flexibility index (Phi) is 15.4. The van der Waals surface area contributed by atoms with Gasteiger partial charge in [-0.25, -0.2) is 4.79 Å². The van der Waals surface area contributed by atoms with Gasteiger partial charge < -0.3 is 31.8 Å². The monoisotopic (exact) mass is 576 g/mol. The van der Waals surface area contributed by atoms with E-state index in [4.69, 9.17) is 5.73 Å². The van der Waals surface area contributed by atoms with Crippen LogP contribution >= 0.6 is 0 Å². The maximum Gasteiger partial charge on any atom is 0.312 e. The molecule has 1 rings (SSSR count). The van der Waals surface area contributed by atoms with Gasteiger partial charge in [0.15, 0.2) is 7.85 Å². The summed E-state index contributed by atoms with van der Waals surface area (Å²) in [6.07, 6.45) is 5.21. The second kappa shape index (κ2) is 17.9. The first kappa shape index (κ1) is 35.3. The normalized spacial score (nSPS) is 15.0. The second-order valence-corrected chi connectivity index (χ2v) is 11.1. The molecule has 1 aliphatic heterocycles. The number of rotatable bonds is 19. The third-order valence-electron chi connectivity index (χ3n) is 6.57. The Bertz CT molecular complexity index is 983. The molecule has 0 spiro atoms. The van der Waals surface area contributed by atoms with Gasteiger partial charge in [-0.2, -0.15) is 0 Å². The van der Waals surface area contributed by atoms with E-state index >= 15 is 0 Å². The van der Waals surface area contributed by atoms with Crippen molar-refractivity contribution in [2.24, 2.45) is 17.6 Å². The van der Waals surface area contributed by atoms with Crippen molar-refractivity contribution in [2.45, 2.75) is 90.8 Å². The SMILES string of the molecule is BC(=O)[C@H](CC(C)C)NC(=O)[C@H](CCCNC(N)=O)NC(=O)C(NC(=O)CCCCCN1C(=O)C=CC1=O)C(C)C. The number of carbonyl (C=O) groups is 7. The molecule has 1 unspecified atom stereocenters. The standard InChI is InChI=1S/C27H45BN6O7/c1-16(2)15-19(24(28)38)32-25(39)18(9-8-13-30-27(29)41)31-26(40)23(17(3)4)33-20(35)10-6-5-7-14-34-21(36)11-12-22(34)37/h11-12,16-19,23H,5-10,13-15,28H2,1-4H3,(H,31,40)(H,32,39)(H,33,35)(H3,29,30,41)/t18-,19-,23?/m0/s1. The molecule has 0 aromatic heterocycles. The van der Waals surface area contributed by atoms with Crippen LogP contribution in [-0.2, 0) is 28.8 Å². The maximum absolute atomic E-state index is 13.2. The molecule has 0 aromatic rings. The highest BCUT2D eigenvalue weighted by atomic mass is 16.2. The number of urea groups is 1. The second-order valence-electron chi connectivity index (χ2n) is 11.1. The van der Waals surface area contributed by atoms with E-state index in [2.05, 4.69) is 21.3 Å². The number of hydrogen-bond donors (Lipinski definition) is 5. The van der Waals surface area contributed by atoms with E-state index in [0.29, 0.717) is 32.1 Å². The van der Waals surface area contributed by atoms with E-state index in [-0.39, 0.29) is 61.2 Å². The fourth-order valence-corrected chi connectivity index (χ4v) is 4.28. The van der Waals surface area contributed by atoms with Gasteiger partial charge in [0.05, 0.1) is 6.04 Å². The van der Waals surface area contributed by atoms with Crippen LogP contribution in [0.4, 0.5) is 4.79 Å². The van der Waals surface area contributed by atoms with Gasteiger partial charge >= 0.3 is 6.03 Å². The zero-order chi connectivity index (χ0) is 31.1. The molecule has 228 valence electrons. The van der Waals surface area contributed by atoms with Crippen molar-refractivity contribution >= 4 is 49.1 Å². The van der Waals surface area contributed by atoms with Gasteiger partial charge in [0.2, 0.25) is 17.7 Å². The Hall–Kier alpha value is -3.71. The van der Waals surface area contributed by atoms with Crippen molar-refractivity contribution in [1.82, 2.24) is 26.2 Å². The minimum Gasteiger partial charge on any atom is -0.352 e. The van der Waals surface area contributed by atoms with Crippen LogP contribution in [0.15, 0.2) is 12.2 Å². The maximum atomic E-state index is 13.2. The lowest BCUT2D eigenvalue weighted by Gasteiger charge is -2.27. The van der Waals surface area contributed by atoms with Crippen LogP contribution in [0.2, 0.25) is 0 Å². The summed E-state index contributed by atoms with van der Waals surface area (Å²) in [5.74, 6) is -2.23. The molecule has 0 radical (unpaired) electrons. The van der Waals surface area contributed by atoms with Gasteiger partial charge in [0.25, 0.3) is 11.8 Å². The number of hydrogen-bond acceptors (Lipinski definition) is 7. The minimum atomic E-state index is -1.00. The molecular weight excluding hydrogens is 531 g/mol. The van der Waals surface area contributed by atoms with Crippen molar-refractivity contribution in [2.75, 3.05) is 13.1 Å². The number of primary amides is 1. The van der Waals surface area contributed by atoms with Crippen molar-refractivity contribution in [3.05, 3.63) is 12.2 Å². The quantitative estimate of drug-likeness (QED) is 0.0756. The van der Waals surface area contributed by atoms with Crippen LogP contribution in [0.25, 0.3) is 0 Å². The number of nitrogens with zero attached hydrogens (tertiary/aromatic N) is 1. The lowest BCUT2D eigenvalue weighted by molar-refractivity contribution is -0.137. The third-order valence-corrected chi connectivity index (χ3v) is 6.57. The average molecular weight is 577 g/mol. The number of unbranched alkanes of at least 4 members (excludes halogenated alkanes) is 2. The number of imide groups is 1. The first-order chi connectivity index (χ1) is 19.2. The topological polar surface area (TPSA) is 197 Å². The van der Waals surface area contributed by atoms with Crippen molar-refractivity contribution in [1.29, 1.82) is 0 Å². The molecule has 13 nitrogen and oxygen atoms in total. The molecule has 0 bridgehead atoms. The summed E-state index contributed by atoms with van der Waals surface area (Å²) in [5, 5.41) is 10.6. The van der Waals surface area contributed by atoms with E-state index < -0.39 is 36.0 Å². The van der Waals surface area contributed by atoms with Gasteiger partial charge in [-0.3, -0.25) is 28.9 Å². The molecule has 3 atom stereocenters. The van der Waals surface area contributed by atoms with Crippen LogP contribution in [0.5, 0.6) is 0 Å². The Morgan fingerprint density at radius 3 is 2.00 bits per heavy atom. The highest BCUT2D eigenvalue weighted by Crippen LogP contribution is 2.10. The summed E-state index contributed by atoms with van der Waals surface area (Å²) in [4.78, 5) is 86.4. The molecule has 41 heavy (non-hydrogen) atoms. The van der Waals surface area contributed by atoms with Gasteiger partial charge in [0, 0.05) is 31.7 Å². The van der Waals surface area contributed by atoms with Gasteiger partial charge in [-0.1, -0.05) is 34.1 Å². The average Bonchev–Trinajstić information content (AvgIpc) is 3.19. The molecular formula is C27H45BN6O7. The van der Waals surface area contributed by atoms with Crippen LogP contribution in [-0.4, -0.2) is 85.2 Å². The van der Waals surface area contributed by atoms with Crippen molar-refractivity contribution in [3.63, 3.8) is 0 Å². The smallest absolute Gasteiger partial charge is 0.312 e. The molecule has 7 amide bonds. The fourth-order valence-electron chi connectivity index (χ4n) is 4.28. The third kappa shape index (κ3) is 13.5. The highest BCUT2D eigenvalue weighted by Gasteiger charge is 2.30. The van der Waals surface area contributed by atoms with E-state index in [1.54, 1.807) is 13.8 Å². The molecule has 1 aliphatic rings. The summed E-state index contributed by atoms with van der Waals surface area (Å²) in [6, 6.07) is -3.33. The van der Waals surface area contributed by atoms with Crippen LogP contribution < -0.4 is 27.0 Å². The molecule has 0 aromatic carbocycles. The molecule has 1 heterocycles. The first-order valence-electron chi connectivity index (χ1n) is 14.2. The largest absolute Gasteiger partial charge is 0.352 e. The van der Waals surface area contributed by atoms with E-state index in [9.17, 15) is 33.6 Å². The zero-order valence-corrected chi connectivity index (χ0v) is 24.8. The Balaban J connectivity index is 2.74. The van der Waals surface area contributed by atoms with Gasteiger partial charge in [-0.15, -0.1) is 0 Å². The van der Waals surface area contributed by atoms with E-state index in [1.807, 2.05) is 13.8 Å². The highest BCUT2D eigenvalue weighted by molar-refractivity contribution is 6.59. The first-order valence-corrected chi connectivity index (χ1v) is 14.2. The Labute approximate surface area is 242 Å². The summed E-state index contributed by atoms with van der Waals surface area (Å²) in [5.41, 5.74) is 4.90. The predicted octanol–water partition coefficient (Wildman–Crippen LogP) is -0.763. The fraction of sp³-hybridized carbons (Fsp3) is 0.667. The van der Waals surface area contributed by atoms with Crippen molar-refractivity contribution in [3.8, 4) is 0 Å². The number of amides is 7. The number of nitrogens with two attached hydrogens (primary N) is 1. The summed E-state index contributed by atoms with van der Waals surface area (Å²) in [7, 11) is 1.39. The van der Waals surface area contributed by atoms with Crippen LogP contribution in [0, 0.1) is 11.8 Å². The molecule has 14 heteroatoms. The van der Waals surface area contributed by atoms with Gasteiger partial charge in [0.1, 0.15) is 17.8 Å². The lowest BCUT2D eigenvalue weighted by Crippen LogP contribution is -2.57. The summed E-state index contributed by atoms with van der Waals surface area (Å²) >= 11 is 0. The number of carbonyl (C=O) groups excluding carboxylic acids is 7.